The number of amides is 1. The molecule has 0 saturated heterocycles. The summed E-state index contributed by atoms with van der Waals surface area (Å²) in [5.74, 6) is -0.189. The van der Waals surface area contributed by atoms with Crippen LogP contribution in [0.5, 0.6) is 0 Å². The Morgan fingerprint density at radius 2 is 1.83 bits per heavy atom. The molecule has 1 N–H and O–H groups in total. The van der Waals surface area contributed by atoms with Crippen LogP contribution in [-0.4, -0.2) is 34.9 Å². The van der Waals surface area contributed by atoms with E-state index in [-0.39, 0.29) is 12.3 Å². The van der Waals surface area contributed by atoms with Crippen molar-refractivity contribution in [3.63, 3.8) is 0 Å². The molecule has 1 unspecified atom stereocenters. The molecule has 100 valence electrons. The monoisotopic (exact) mass is 308 g/mol. The van der Waals surface area contributed by atoms with Gasteiger partial charge in [-0.25, -0.2) is 0 Å². The van der Waals surface area contributed by atoms with Crippen molar-refractivity contribution in [1.29, 1.82) is 0 Å². The largest absolute Gasteiger partial charge is 0.336 e. The van der Waals surface area contributed by atoms with Crippen molar-refractivity contribution in [2.24, 2.45) is 0 Å². The standard InChI is InChI=1S/C12H15Cl3N2O/c1-17(2)11(12(13,14)15)16-10(18)8-9-6-4-3-5-7-9/h3-7,11H,8H2,1-2H3,(H,16,18). The summed E-state index contributed by atoms with van der Waals surface area (Å²) in [6.45, 7) is 0. The summed E-state index contributed by atoms with van der Waals surface area (Å²) >= 11 is 17.4. The Morgan fingerprint density at radius 3 is 2.28 bits per heavy atom. The summed E-state index contributed by atoms with van der Waals surface area (Å²) in [5, 5.41) is 2.70. The number of carbonyl (C=O) groups excluding carboxylic acids is 1. The second-order valence-electron chi connectivity index (χ2n) is 4.14. The molecule has 0 saturated carbocycles. The second kappa shape index (κ2) is 6.62. The van der Waals surface area contributed by atoms with E-state index >= 15 is 0 Å². The fourth-order valence-electron chi connectivity index (χ4n) is 1.49. The van der Waals surface area contributed by atoms with Gasteiger partial charge in [0.15, 0.2) is 0 Å². The van der Waals surface area contributed by atoms with Crippen molar-refractivity contribution < 1.29 is 4.79 Å². The first-order chi connectivity index (χ1) is 8.30. The maximum Gasteiger partial charge on any atom is 0.225 e. The molecule has 18 heavy (non-hydrogen) atoms. The van der Waals surface area contributed by atoms with Crippen molar-refractivity contribution in [3.05, 3.63) is 35.9 Å². The Hall–Kier alpha value is -0.480. The van der Waals surface area contributed by atoms with Gasteiger partial charge in [0.25, 0.3) is 0 Å². The van der Waals surface area contributed by atoms with E-state index in [1.807, 2.05) is 30.3 Å². The molecule has 1 amide bonds. The van der Waals surface area contributed by atoms with E-state index in [0.717, 1.165) is 5.56 Å². The Bertz CT molecular complexity index is 390. The first-order valence-electron chi connectivity index (χ1n) is 5.37. The summed E-state index contributed by atoms with van der Waals surface area (Å²) in [5.41, 5.74) is 0.914. The number of rotatable bonds is 4. The van der Waals surface area contributed by atoms with Crippen LogP contribution in [0, 0.1) is 0 Å². The van der Waals surface area contributed by atoms with E-state index in [4.69, 9.17) is 34.8 Å². The van der Waals surface area contributed by atoms with Gasteiger partial charge in [0.05, 0.1) is 6.42 Å². The SMILES string of the molecule is CN(C)C(NC(=O)Cc1ccccc1)C(Cl)(Cl)Cl. The third-order valence-electron chi connectivity index (χ3n) is 2.33. The number of alkyl halides is 3. The normalized spacial score (nSPS) is 13.4. The van der Waals surface area contributed by atoms with Gasteiger partial charge >= 0.3 is 0 Å². The molecule has 3 nitrogen and oxygen atoms in total. The molecular weight excluding hydrogens is 295 g/mol. The lowest BCUT2D eigenvalue weighted by Crippen LogP contribution is -2.52. The highest BCUT2D eigenvalue weighted by Crippen LogP contribution is 2.31. The van der Waals surface area contributed by atoms with Crippen molar-refractivity contribution in [1.82, 2.24) is 10.2 Å². The molecule has 1 atom stereocenters. The zero-order chi connectivity index (χ0) is 13.8. The van der Waals surface area contributed by atoms with Crippen LogP contribution in [0.4, 0.5) is 0 Å². The predicted molar refractivity (Wildman–Crippen MR) is 76.1 cm³/mol. The van der Waals surface area contributed by atoms with Gasteiger partial charge in [0.2, 0.25) is 9.70 Å². The Morgan fingerprint density at radius 1 is 1.28 bits per heavy atom. The van der Waals surface area contributed by atoms with Crippen LogP contribution in [0.25, 0.3) is 0 Å². The average molecular weight is 310 g/mol. The quantitative estimate of drug-likeness (QED) is 0.685. The van der Waals surface area contributed by atoms with Crippen molar-refractivity contribution in [3.8, 4) is 0 Å². The van der Waals surface area contributed by atoms with E-state index in [1.54, 1.807) is 19.0 Å². The van der Waals surface area contributed by atoms with Gasteiger partial charge in [-0.2, -0.15) is 0 Å². The first-order valence-corrected chi connectivity index (χ1v) is 6.50. The molecule has 0 aliphatic carbocycles. The maximum absolute atomic E-state index is 11.9. The Balaban J connectivity index is 2.63. The lowest BCUT2D eigenvalue weighted by Gasteiger charge is -2.31. The molecule has 0 aliphatic heterocycles. The summed E-state index contributed by atoms with van der Waals surface area (Å²) in [7, 11) is 3.46. The van der Waals surface area contributed by atoms with Gasteiger partial charge in [-0.05, 0) is 19.7 Å². The summed E-state index contributed by atoms with van der Waals surface area (Å²) in [4.78, 5) is 13.5. The van der Waals surface area contributed by atoms with E-state index in [9.17, 15) is 4.79 Å². The van der Waals surface area contributed by atoms with Gasteiger partial charge in [-0.3, -0.25) is 9.69 Å². The van der Waals surface area contributed by atoms with E-state index in [0.29, 0.717) is 0 Å². The molecule has 0 aromatic heterocycles. The molecule has 0 heterocycles. The molecule has 0 spiro atoms. The zero-order valence-electron chi connectivity index (χ0n) is 10.2. The molecule has 1 aromatic carbocycles. The third kappa shape index (κ3) is 5.02. The minimum Gasteiger partial charge on any atom is -0.336 e. The average Bonchev–Trinajstić information content (AvgIpc) is 2.25. The highest BCUT2D eigenvalue weighted by atomic mass is 35.6. The van der Waals surface area contributed by atoms with Crippen molar-refractivity contribution in [2.45, 2.75) is 16.4 Å². The molecule has 0 aliphatic rings. The number of hydrogen-bond donors (Lipinski definition) is 1. The fraction of sp³-hybridized carbons (Fsp3) is 0.417. The smallest absolute Gasteiger partial charge is 0.225 e. The first kappa shape index (κ1) is 15.6. The molecule has 1 rings (SSSR count). The number of nitrogens with one attached hydrogen (secondary N) is 1. The lowest BCUT2D eigenvalue weighted by molar-refractivity contribution is -0.122. The number of halogens is 3. The van der Waals surface area contributed by atoms with E-state index in [1.165, 1.54) is 0 Å². The molecule has 0 radical (unpaired) electrons. The molecule has 0 fully saturated rings. The van der Waals surface area contributed by atoms with Gasteiger partial charge in [-0.1, -0.05) is 65.1 Å². The van der Waals surface area contributed by atoms with Crippen LogP contribution in [0.3, 0.4) is 0 Å². The van der Waals surface area contributed by atoms with Crippen LogP contribution in [0.2, 0.25) is 0 Å². The number of carbonyl (C=O) groups is 1. The zero-order valence-corrected chi connectivity index (χ0v) is 12.4. The summed E-state index contributed by atoms with van der Waals surface area (Å²) in [6, 6.07) is 9.40. The topological polar surface area (TPSA) is 32.3 Å². The highest BCUT2D eigenvalue weighted by Gasteiger charge is 2.35. The maximum atomic E-state index is 11.9. The van der Waals surface area contributed by atoms with Gasteiger partial charge in [-0.15, -0.1) is 0 Å². The molecule has 0 bridgehead atoms. The number of nitrogens with zero attached hydrogens (tertiary/aromatic N) is 1. The van der Waals surface area contributed by atoms with Gasteiger partial charge < -0.3 is 5.32 Å². The fourth-order valence-corrected chi connectivity index (χ4v) is 2.24. The van der Waals surface area contributed by atoms with Crippen LogP contribution in [0.1, 0.15) is 5.56 Å². The van der Waals surface area contributed by atoms with Crippen molar-refractivity contribution >= 4 is 40.7 Å². The highest BCUT2D eigenvalue weighted by molar-refractivity contribution is 6.68. The third-order valence-corrected chi connectivity index (χ3v) is 2.95. The number of benzene rings is 1. The Labute approximate surface area is 122 Å². The van der Waals surface area contributed by atoms with E-state index < -0.39 is 9.96 Å². The van der Waals surface area contributed by atoms with Crippen LogP contribution < -0.4 is 5.32 Å². The van der Waals surface area contributed by atoms with Crippen molar-refractivity contribution in [2.75, 3.05) is 14.1 Å². The molecule has 6 heteroatoms. The van der Waals surface area contributed by atoms with E-state index in [2.05, 4.69) is 5.32 Å². The lowest BCUT2D eigenvalue weighted by atomic mass is 10.1. The van der Waals surface area contributed by atoms with Crippen LogP contribution in [-0.2, 0) is 11.2 Å². The van der Waals surface area contributed by atoms with Gasteiger partial charge in [0.1, 0.15) is 6.17 Å². The minimum atomic E-state index is -1.57. The second-order valence-corrected chi connectivity index (χ2v) is 6.51. The minimum absolute atomic E-state index is 0.189. The predicted octanol–water partition coefficient (Wildman–Crippen LogP) is 2.60. The molecular formula is C12H15Cl3N2O. The van der Waals surface area contributed by atoms with Crippen LogP contribution >= 0.6 is 34.8 Å². The van der Waals surface area contributed by atoms with Gasteiger partial charge in [0, 0.05) is 0 Å². The summed E-state index contributed by atoms with van der Waals surface area (Å²) in [6.07, 6.45) is -0.412. The number of hydrogen-bond acceptors (Lipinski definition) is 2. The van der Waals surface area contributed by atoms with Crippen LogP contribution in [0.15, 0.2) is 30.3 Å². The molecule has 1 aromatic rings. The Kier molecular flexibility index (Phi) is 5.73. The summed E-state index contributed by atoms with van der Waals surface area (Å²) < 4.78 is -1.57.